The second-order valence-electron chi connectivity index (χ2n) is 5.98. The van der Waals surface area contributed by atoms with Gasteiger partial charge in [-0.25, -0.2) is 4.79 Å². The molecule has 0 heterocycles. The predicted octanol–water partition coefficient (Wildman–Crippen LogP) is 2.02. The number of amides is 1. The van der Waals surface area contributed by atoms with Crippen LogP contribution in [-0.4, -0.2) is 18.7 Å². The first kappa shape index (κ1) is 13.3. The average molecular weight is 228 g/mol. The van der Waals surface area contributed by atoms with Gasteiger partial charge in [-0.15, -0.1) is 0 Å². The molecule has 0 bridgehead atoms. The maximum Gasteiger partial charge on any atom is 0.404 e. The van der Waals surface area contributed by atoms with Gasteiger partial charge in [0.2, 0.25) is 0 Å². The van der Waals surface area contributed by atoms with Gasteiger partial charge < -0.3 is 16.2 Å². The fourth-order valence-corrected chi connectivity index (χ4v) is 2.51. The van der Waals surface area contributed by atoms with Gasteiger partial charge in [0, 0.05) is 11.5 Å². The van der Waals surface area contributed by atoms with Gasteiger partial charge in [0.15, 0.2) is 0 Å². The first-order valence-corrected chi connectivity index (χ1v) is 5.95. The summed E-state index contributed by atoms with van der Waals surface area (Å²) < 4.78 is 5.04. The van der Waals surface area contributed by atoms with E-state index >= 15 is 0 Å². The van der Waals surface area contributed by atoms with Crippen LogP contribution in [0.4, 0.5) is 4.79 Å². The van der Waals surface area contributed by atoms with Crippen LogP contribution >= 0.6 is 0 Å². The van der Waals surface area contributed by atoms with Gasteiger partial charge in [-0.3, -0.25) is 0 Å². The maximum absolute atomic E-state index is 10.8. The van der Waals surface area contributed by atoms with Crippen LogP contribution in [0.2, 0.25) is 0 Å². The number of primary amides is 1. The highest BCUT2D eigenvalue weighted by molar-refractivity contribution is 5.64. The van der Waals surface area contributed by atoms with Crippen molar-refractivity contribution in [3.05, 3.63) is 0 Å². The van der Waals surface area contributed by atoms with E-state index in [4.69, 9.17) is 16.2 Å². The molecule has 0 aliphatic heterocycles. The molecule has 1 rings (SSSR count). The minimum atomic E-state index is -0.682. The van der Waals surface area contributed by atoms with Gasteiger partial charge in [0.1, 0.15) is 0 Å². The quantitative estimate of drug-likeness (QED) is 0.759. The maximum atomic E-state index is 10.8. The summed E-state index contributed by atoms with van der Waals surface area (Å²) in [4.78, 5) is 10.8. The molecule has 1 aliphatic carbocycles. The lowest BCUT2D eigenvalue weighted by Crippen LogP contribution is -2.46. The fraction of sp³-hybridized carbons (Fsp3) is 0.917. The molecule has 1 aliphatic rings. The molecule has 94 valence electrons. The van der Waals surface area contributed by atoms with Crippen LogP contribution in [0.25, 0.3) is 0 Å². The van der Waals surface area contributed by atoms with Crippen molar-refractivity contribution in [3.8, 4) is 0 Å². The number of hydrogen-bond donors (Lipinski definition) is 2. The van der Waals surface area contributed by atoms with Crippen molar-refractivity contribution in [1.29, 1.82) is 0 Å². The van der Waals surface area contributed by atoms with Crippen molar-refractivity contribution >= 4 is 6.09 Å². The third-order valence-corrected chi connectivity index (χ3v) is 4.07. The molecule has 4 nitrogen and oxygen atoms in total. The smallest absolute Gasteiger partial charge is 0.404 e. The number of hydrogen-bond acceptors (Lipinski definition) is 3. The van der Waals surface area contributed by atoms with E-state index in [9.17, 15) is 4.79 Å². The van der Waals surface area contributed by atoms with E-state index in [0.717, 1.165) is 25.7 Å². The van der Waals surface area contributed by atoms with Crippen LogP contribution in [0.5, 0.6) is 0 Å². The Morgan fingerprint density at radius 2 is 1.88 bits per heavy atom. The molecule has 0 aromatic carbocycles. The highest BCUT2D eigenvalue weighted by atomic mass is 16.5. The molecular formula is C12H24N2O2. The summed E-state index contributed by atoms with van der Waals surface area (Å²) in [5, 5.41) is 0. The number of carbonyl (C=O) groups is 1. The van der Waals surface area contributed by atoms with Gasteiger partial charge >= 0.3 is 6.09 Å². The second kappa shape index (κ2) is 4.62. The lowest BCUT2D eigenvalue weighted by Gasteiger charge is -2.48. The van der Waals surface area contributed by atoms with Gasteiger partial charge in [-0.1, -0.05) is 20.8 Å². The molecule has 0 saturated heterocycles. The van der Waals surface area contributed by atoms with Crippen LogP contribution in [0.1, 0.15) is 46.5 Å². The summed E-state index contributed by atoms with van der Waals surface area (Å²) >= 11 is 0. The summed E-state index contributed by atoms with van der Waals surface area (Å²) in [6.45, 7) is 6.98. The van der Waals surface area contributed by atoms with Gasteiger partial charge in [0.05, 0.1) is 6.61 Å². The molecule has 0 radical (unpaired) electrons. The Labute approximate surface area is 97.7 Å². The van der Waals surface area contributed by atoms with E-state index in [-0.39, 0.29) is 10.8 Å². The SMILES string of the molecule is CC(C)(C)C1(COC(N)=O)CCC(N)CC1. The summed E-state index contributed by atoms with van der Waals surface area (Å²) in [5.74, 6) is 0. The van der Waals surface area contributed by atoms with Crippen molar-refractivity contribution in [1.82, 2.24) is 0 Å². The summed E-state index contributed by atoms with van der Waals surface area (Å²) in [6, 6.07) is 0.295. The molecule has 0 aromatic rings. The van der Waals surface area contributed by atoms with Crippen LogP contribution in [0, 0.1) is 10.8 Å². The molecule has 0 aromatic heterocycles. The van der Waals surface area contributed by atoms with E-state index < -0.39 is 6.09 Å². The topological polar surface area (TPSA) is 78.3 Å². The van der Waals surface area contributed by atoms with Crippen molar-refractivity contribution in [2.75, 3.05) is 6.61 Å². The van der Waals surface area contributed by atoms with Crippen molar-refractivity contribution < 1.29 is 9.53 Å². The van der Waals surface area contributed by atoms with Crippen LogP contribution in [-0.2, 0) is 4.74 Å². The van der Waals surface area contributed by atoms with E-state index in [0.29, 0.717) is 12.6 Å². The molecular weight excluding hydrogens is 204 g/mol. The van der Waals surface area contributed by atoms with E-state index in [1.165, 1.54) is 0 Å². The van der Waals surface area contributed by atoms with E-state index in [1.807, 2.05) is 0 Å². The molecule has 0 unspecified atom stereocenters. The lowest BCUT2D eigenvalue weighted by molar-refractivity contribution is -0.0263. The number of carbonyl (C=O) groups excluding carboxylic acids is 1. The second-order valence-corrected chi connectivity index (χ2v) is 5.98. The zero-order valence-electron chi connectivity index (χ0n) is 10.6. The molecule has 4 heteroatoms. The molecule has 0 atom stereocenters. The summed E-state index contributed by atoms with van der Waals surface area (Å²) in [7, 11) is 0. The van der Waals surface area contributed by atoms with E-state index in [2.05, 4.69) is 20.8 Å². The summed E-state index contributed by atoms with van der Waals surface area (Å²) in [5.41, 5.74) is 11.1. The Morgan fingerprint density at radius 3 is 2.25 bits per heavy atom. The first-order valence-electron chi connectivity index (χ1n) is 5.95. The average Bonchev–Trinajstić information content (AvgIpc) is 2.15. The van der Waals surface area contributed by atoms with Gasteiger partial charge in [-0.2, -0.15) is 0 Å². The van der Waals surface area contributed by atoms with Crippen molar-refractivity contribution in [3.63, 3.8) is 0 Å². The van der Waals surface area contributed by atoms with Crippen LogP contribution in [0.15, 0.2) is 0 Å². The van der Waals surface area contributed by atoms with Crippen LogP contribution in [0.3, 0.4) is 0 Å². The Hall–Kier alpha value is -0.770. The Balaban J connectivity index is 2.74. The molecule has 1 amide bonds. The van der Waals surface area contributed by atoms with Crippen molar-refractivity contribution in [2.45, 2.75) is 52.5 Å². The number of rotatable bonds is 2. The molecule has 4 N–H and O–H groups in total. The zero-order valence-corrected chi connectivity index (χ0v) is 10.6. The minimum Gasteiger partial charge on any atom is -0.449 e. The summed E-state index contributed by atoms with van der Waals surface area (Å²) in [6.07, 6.45) is 3.33. The highest BCUT2D eigenvalue weighted by Crippen LogP contribution is 2.49. The highest BCUT2D eigenvalue weighted by Gasteiger charge is 2.44. The molecule has 1 fully saturated rings. The third kappa shape index (κ3) is 2.88. The largest absolute Gasteiger partial charge is 0.449 e. The fourth-order valence-electron chi connectivity index (χ4n) is 2.51. The molecule has 1 saturated carbocycles. The van der Waals surface area contributed by atoms with Crippen LogP contribution < -0.4 is 11.5 Å². The van der Waals surface area contributed by atoms with Gasteiger partial charge in [-0.05, 0) is 31.1 Å². The van der Waals surface area contributed by atoms with Gasteiger partial charge in [0.25, 0.3) is 0 Å². The zero-order chi connectivity index (χ0) is 12.4. The minimum absolute atomic E-state index is 0.0257. The standard InChI is InChI=1S/C12H24N2O2/c1-11(2,3)12(8-16-10(14)15)6-4-9(13)5-7-12/h9H,4-8,13H2,1-3H3,(H2,14,15). The Morgan fingerprint density at radius 1 is 1.38 bits per heavy atom. The normalized spacial score (nSPS) is 31.1. The predicted molar refractivity (Wildman–Crippen MR) is 63.9 cm³/mol. The number of ether oxygens (including phenoxy) is 1. The third-order valence-electron chi connectivity index (χ3n) is 4.07. The Bertz CT molecular complexity index is 250. The molecule has 0 spiro atoms. The monoisotopic (exact) mass is 228 g/mol. The van der Waals surface area contributed by atoms with Crippen molar-refractivity contribution in [2.24, 2.45) is 22.3 Å². The number of nitrogens with two attached hydrogens (primary N) is 2. The Kier molecular flexibility index (Phi) is 3.84. The first-order chi connectivity index (χ1) is 7.27. The lowest BCUT2D eigenvalue weighted by atomic mass is 9.59. The van der Waals surface area contributed by atoms with E-state index in [1.54, 1.807) is 0 Å². The molecule has 16 heavy (non-hydrogen) atoms.